The average Bonchev–Trinajstić information content (AvgIpc) is 2.59. The number of rotatable bonds is 9. The quantitative estimate of drug-likeness (QED) is 0.386. The molecule has 0 saturated heterocycles. The minimum absolute atomic E-state index is 0. The Labute approximate surface area is 163 Å². The molecule has 0 aromatic heterocycles. The first kappa shape index (κ1) is 21.1. The topological polar surface area (TPSA) is 65.2 Å². The van der Waals surface area contributed by atoms with Gasteiger partial charge in [-0.05, 0) is 37.1 Å². The Morgan fingerprint density at radius 3 is 1.44 bits per heavy atom. The monoisotopic (exact) mass is 519 g/mol. The zero-order valence-corrected chi connectivity index (χ0v) is 16.4. The first-order chi connectivity index (χ1) is 11.8. The second-order valence-electron chi connectivity index (χ2n) is 5.60. The Kier molecular flexibility index (Phi) is 10.5. The number of unbranched alkanes of at least 4 members (excludes halogenated alkanes) is 3. The van der Waals surface area contributed by atoms with E-state index >= 15 is 0 Å². The Morgan fingerprint density at radius 1 is 0.640 bits per heavy atom. The third-order valence-corrected chi connectivity index (χ3v) is 3.66. The Balaban J connectivity index is 0.00000312. The molecule has 0 spiro atoms. The summed E-state index contributed by atoms with van der Waals surface area (Å²) in [6.07, 6.45) is 7.76. The normalized spacial score (nSPS) is 11.0. The molecule has 0 aliphatic carbocycles. The standard InChI is InChI=1S/C20H24N2O2.Pt/c23-19-11-5-3-9-17(19)15-21-13-7-1-2-8-14-22-16-18-10-4-6-12-20(18)24;/h3-6,9-12,15-16,23-24H,1-2,7-8,13-14H2;. The average molecular weight is 520 g/mol. The number of aliphatic imine (C=N–C) groups is 2. The van der Waals surface area contributed by atoms with Crippen molar-refractivity contribution < 1.29 is 31.3 Å². The van der Waals surface area contributed by atoms with E-state index in [2.05, 4.69) is 9.98 Å². The SMILES string of the molecule is Oc1ccccc1C=NCCCCCCN=Cc1ccccc1O.[Pt]. The van der Waals surface area contributed by atoms with E-state index in [1.165, 1.54) is 0 Å². The molecule has 0 aliphatic rings. The molecule has 0 radical (unpaired) electrons. The van der Waals surface area contributed by atoms with Gasteiger partial charge in [-0.15, -0.1) is 0 Å². The first-order valence-electron chi connectivity index (χ1n) is 8.33. The first-order valence-corrected chi connectivity index (χ1v) is 8.33. The van der Waals surface area contributed by atoms with Crippen LogP contribution in [0.1, 0.15) is 36.8 Å². The molecule has 2 N–H and O–H groups in total. The number of phenols is 2. The summed E-state index contributed by atoms with van der Waals surface area (Å²) in [6.45, 7) is 1.55. The molecule has 5 heteroatoms. The van der Waals surface area contributed by atoms with Crippen LogP contribution in [0.2, 0.25) is 0 Å². The third-order valence-electron chi connectivity index (χ3n) is 3.66. The van der Waals surface area contributed by atoms with Gasteiger partial charge in [0.05, 0.1) is 0 Å². The summed E-state index contributed by atoms with van der Waals surface area (Å²) in [6, 6.07) is 14.4. The molecule has 2 rings (SSSR count). The molecule has 0 aliphatic heterocycles. The van der Waals surface area contributed by atoms with Crippen molar-refractivity contribution in [1.29, 1.82) is 0 Å². The maximum atomic E-state index is 9.61. The Morgan fingerprint density at radius 2 is 1.04 bits per heavy atom. The molecule has 0 saturated carbocycles. The summed E-state index contributed by atoms with van der Waals surface area (Å²) in [5, 5.41) is 19.2. The third kappa shape index (κ3) is 8.13. The maximum Gasteiger partial charge on any atom is 0.124 e. The number of phenolic OH excluding ortho intramolecular Hbond substituents is 2. The second kappa shape index (κ2) is 12.4. The van der Waals surface area contributed by atoms with Gasteiger partial charge >= 0.3 is 0 Å². The van der Waals surface area contributed by atoms with Crippen LogP contribution in [0.4, 0.5) is 0 Å². The predicted octanol–water partition coefficient (Wildman–Crippen LogP) is 4.19. The van der Waals surface area contributed by atoms with Crippen LogP contribution in [0, 0.1) is 0 Å². The van der Waals surface area contributed by atoms with Crippen LogP contribution in [0.5, 0.6) is 11.5 Å². The van der Waals surface area contributed by atoms with Crippen molar-refractivity contribution in [3.8, 4) is 11.5 Å². The van der Waals surface area contributed by atoms with E-state index in [4.69, 9.17) is 0 Å². The molecule has 25 heavy (non-hydrogen) atoms. The van der Waals surface area contributed by atoms with Gasteiger partial charge < -0.3 is 10.2 Å². The molecule has 2 aromatic carbocycles. The van der Waals surface area contributed by atoms with Crippen molar-refractivity contribution in [3.63, 3.8) is 0 Å². The zero-order chi connectivity index (χ0) is 17.0. The van der Waals surface area contributed by atoms with Gasteiger partial charge in [-0.2, -0.15) is 0 Å². The van der Waals surface area contributed by atoms with Crippen molar-refractivity contribution in [3.05, 3.63) is 59.7 Å². The van der Waals surface area contributed by atoms with Crippen molar-refractivity contribution in [1.82, 2.24) is 0 Å². The molecule has 2 aromatic rings. The van der Waals surface area contributed by atoms with Gasteiger partial charge in [0.25, 0.3) is 0 Å². The molecule has 0 bridgehead atoms. The van der Waals surface area contributed by atoms with Gasteiger partial charge in [0.15, 0.2) is 0 Å². The predicted molar refractivity (Wildman–Crippen MR) is 99.6 cm³/mol. The van der Waals surface area contributed by atoms with Crippen LogP contribution in [0.3, 0.4) is 0 Å². The number of hydrogen-bond acceptors (Lipinski definition) is 4. The molecule has 0 atom stereocenters. The summed E-state index contributed by atoms with van der Waals surface area (Å²) in [5.41, 5.74) is 1.52. The number of aromatic hydroxyl groups is 2. The van der Waals surface area contributed by atoms with E-state index in [0.29, 0.717) is 0 Å². The molecular formula is C20H24N2O2Pt. The molecule has 0 unspecified atom stereocenters. The van der Waals surface area contributed by atoms with Gasteiger partial charge in [0.1, 0.15) is 11.5 Å². The van der Waals surface area contributed by atoms with E-state index in [1.54, 1.807) is 36.7 Å². The van der Waals surface area contributed by atoms with Crippen LogP contribution in [0.25, 0.3) is 0 Å². The summed E-state index contributed by atoms with van der Waals surface area (Å²) in [4.78, 5) is 8.69. The van der Waals surface area contributed by atoms with Gasteiger partial charge in [-0.25, -0.2) is 0 Å². The van der Waals surface area contributed by atoms with E-state index in [9.17, 15) is 10.2 Å². The van der Waals surface area contributed by atoms with Crippen LogP contribution in [-0.2, 0) is 21.1 Å². The summed E-state index contributed by atoms with van der Waals surface area (Å²) >= 11 is 0. The molecular weight excluding hydrogens is 495 g/mol. The fraction of sp³-hybridized carbons (Fsp3) is 0.300. The van der Waals surface area contributed by atoms with Crippen LogP contribution in [-0.4, -0.2) is 35.7 Å². The molecule has 0 amide bonds. The van der Waals surface area contributed by atoms with Gasteiger partial charge in [0, 0.05) is 57.7 Å². The summed E-state index contributed by atoms with van der Waals surface area (Å²) in [7, 11) is 0. The second-order valence-corrected chi connectivity index (χ2v) is 5.60. The molecule has 136 valence electrons. The Bertz CT molecular complexity index is 627. The van der Waals surface area contributed by atoms with Crippen molar-refractivity contribution >= 4 is 12.4 Å². The van der Waals surface area contributed by atoms with Crippen LogP contribution in [0.15, 0.2) is 58.5 Å². The fourth-order valence-corrected chi connectivity index (χ4v) is 2.28. The van der Waals surface area contributed by atoms with E-state index in [0.717, 1.165) is 49.9 Å². The van der Waals surface area contributed by atoms with E-state index in [-0.39, 0.29) is 32.6 Å². The zero-order valence-electron chi connectivity index (χ0n) is 14.1. The molecule has 0 heterocycles. The van der Waals surface area contributed by atoms with Crippen LogP contribution >= 0.6 is 0 Å². The summed E-state index contributed by atoms with van der Waals surface area (Å²) in [5.74, 6) is 0.534. The van der Waals surface area contributed by atoms with Crippen molar-refractivity contribution in [2.45, 2.75) is 25.7 Å². The van der Waals surface area contributed by atoms with Crippen LogP contribution < -0.4 is 0 Å². The number of para-hydroxylation sites is 2. The summed E-state index contributed by atoms with van der Waals surface area (Å²) < 4.78 is 0. The minimum Gasteiger partial charge on any atom is -0.507 e. The number of benzene rings is 2. The largest absolute Gasteiger partial charge is 0.507 e. The van der Waals surface area contributed by atoms with Crippen molar-refractivity contribution in [2.24, 2.45) is 9.98 Å². The number of hydrogen-bond donors (Lipinski definition) is 2. The van der Waals surface area contributed by atoms with Gasteiger partial charge in [-0.1, -0.05) is 37.1 Å². The Hall–Kier alpha value is -1.93. The molecule has 4 nitrogen and oxygen atoms in total. The minimum atomic E-state index is 0. The maximum absolute atomic E-state index is 9.61. The smallest absolute Gasteiger partial charge is 0.124 e. The van der Waals surface area contributed by atoms with E-state index < -0.39 is 0 Å². The fourth-order valence-electron chi connectivity index (χ4n) is 2.28. The van der Waals surface area contributed by atoms with Gasteiger partial charge in [0.2, 0.25) is 0 Å². The van der Waals surface area contributed by atoms with Gasteiger partial charge in [-0.3, -0.25) is 9.98 Å². The molecule has 0 fully saturated rings. The number of nitrogens with zero attached hydrogens (tertiary/aromatic N) is 2. The van der Waals surface area contributed by atoms with E-state index in [1.807, 2.05) is 24.3 Å². The van der Waals surface area contributed by atoms with Crippen molar-refractivity contribution in [2.75, 3.05) is 13.1 Å².